The summed E-state index contributed by atoms with van der Waals surface area (Å²) < 4.78 is 29.8. The van der Waals surface area contributed by atoms with Crippen molar-refractivity contribution >= 4 is 11.6 Å². The van der Waals surface area contributed by atoms with Gasteiger partial charge in [0.25, 0.3) is 0 Å². The molecule has 2 N–H and O–H groups in total. The predicted octanol–water partition coefficient (Wildman–Crippen LogP) is 3.72. The van der Waals surface area contributed by atoms with E-state index >= 15 is 0 Å². The van der Waals surface area contributed by atoms with E-state index in [2.05, 4.69) is 20.2 Å². The van der Waals surface area contributed by atoms with Crippen LogP contribution in [-0.4, -0.2) is 41.0 Å². The number of hydrogen-bond acceptors (Lipinski definition) is 6. The van der Waals surface area contributed by atoms with E-state index < -0.39 is 6.67 Å². The third-order valence-electron chi connectivity index (χ3n) is 5.14. The quantitative estimate of drug-likeness (QED) is 0.439. The molecule has 4 aromatic heterocycles. The van der Waals surface area contributed by atoms with Gasteiger partial charge in [0, 0.05) is 29.9 Å². The van der Waals surface area contributed by atoms with Gasteiger partial charge in [-0.1, -0.05) is 12.1 Å². The van der Waals surface area contributed by atoms with Gasteiger partial charge < -0.3 is 5.73 Å². The smallest absolute Gasteiger partial charge is 0.240 e. The van der Waals surface area contributed by atoms with E-state index in [-0.39, 0.29) is 24.2 Å². The maximum Gasteiger partial charge on any atom is 0.240 e. The molecule has 0 bridgehead atoms. The highest BCUT2D eigenvalue weighted by molar-refractivity contribution is 5.66. The number of rotatable bonds is 6. The molecule has 4 heterocycles. The second kappa shape index (κ2) is 8.14. The molecule has 0 amide bonds. The number of nitrogens with zero attached hydrogens (tertiary/aromatic N) is 7. The first kappa shape index (κ1) is 19.7. The summed E-state index contributed by atoms with van der Waals surface area (Å²) in [7, 11) is 0. The zero-order valence-electron chi connectivity index (χ0n) is 16.8. The third kappa shape index (κ3) is 3.78. The molecule has 0 aliphatic rings. The number of benzene rings is 1. The molecule has 0 aliphatic heterocycles. The van der Waals surface area contributed by atoms with E-state index in [0.717, 1.165) is 16.7 Å². The highest BCUT2D eigenvalue weighted by Gasteiger charge is 2.16. The number of anilines is 1. The van der Waals surface area contributed by atoms with Gasteiger partial charge in [0.05, 0.1) is 42.7 Å². The average molecular weight is 432 g/mol. The molecule has 0 aliphatic carbocycles. The van der Waals surface area contributed by atoms with Crippen LogP contribution in [0.2, 0.25) is 0 Å². The van der Waals surface area contributed by atoms with Crippen LogP contribution in [0, 0.1) is 5.82 Å². The van der Waals surface area contributed by atoms with E-state index in [1.807, 2.05) is 12.1 Å². The van der Waals surface area contributed by atoms with E-state index in [4.69, 9.17) is 10.7 Å². The molecule has 0 saturated heterocycles. The van der Waals surface area contributed by atoms with Crippen molar-refractivity contribution in [2.75, 3.05) is 12.4 Å². The molecule has 10 heteroatoms. The van der Waals surface area contributed by atoms with Crippen molar-refractivity contribution in [2.45, 2.75) is 12.5 Å². The van der Waals surface area contributed by atoms with Gasteiger partial charge in [-0.05, 0) is 29.8 Å². The number of halogens is 2. The van der Waals surface area contributed by atoms with Gasteiger partial charge in [-0.3, -0.25) is 14.1 Å². The molecule has 0 spiro atoms. The molecule has 160 valence electrons. The third-order valence-corrected chi connectivity index (χ3v) is 5.14. The summed E-state index contributed by atoms with van der Waals surface area (Å²) >= 11 is 0. The van der Waals surface area contributed by atoms with Crippen molar-refractivity contribution in [2.24, 2.45) is 0 Å². The summed E-state index contributed by atoms with van der Waals surface area (Å²) in [5, 5.41) is 8.48. The first-order valence-corrected chi connectivity index (χ1v) is 9.91. The van der Waals surface area contributed by atoms with E-state index in [9.17, 15) is 8.78 Å². The van der Waals surface area contributed by atoms with Crippen LogP contribution in [0.25, 0.3) is 28.2 Å². The molecule has 0 unspecified atom stereocenters. The lowest BCUT2D eigenvalue weighted by Crippen LogP contribution is -2.12. The molecular formula is C22H18F2N8. The Morgan fingerprint density at radius 2 is 1.75 bits per heavy atom. The van der Waals surface area contributed by atoms with Gasteiger partial charge in [0.2, 0.25) is 5.95 Å². The van der Waals surface area contributed by atoms with Crippen LogP contribution in [-0.2, 0) is 0 Å². The number of fused-ring (bicyclic) bond motifs is 1. The summed E-state index contributed by atoms with van der Waals surface area (Å²) in [5.74, 6) is -0.147. The van der Waals surface area contributed by atoms with Gasteiger partial charge in [0.15, 0.2) is 5.65 Å². The second-order valence-electron chi connectivity index (χ2n) is 7.23. The average Bonchev–Trinajstić information content (AvgIpc) is 3.44. The molecule has 1 aromatic carbocycles. The number of nitrogen functional groups attached to an aromatic ring is 1. The number of pyridine rings is 1. The summed E-state index contributed by atoms with van der Waals surface area (Å²) in [5.41, 5.74) is 9.85. The molecule has 5 aromatic rings. The van der Waals surface area contributed by atoms with Crippen LogP contribution in [0.15, 0.2) is 67.4 Å². The van der Waals surface area contributed by atoms with Crippen LogP contribution in [0.3, 0.4) is 0 Å². The molecule has 0 fully saturated rings. The second-order valence-corrected chi connectivity index (χ2v) is 7.23. The Bertz CT molecular complexity index is 1380. The molecule has 1 atom stereocenters. The summed E-state index contributed by atoms with van der Waals surface area (Å²) in [4.78, 5) is 13.2. The summed E-state index contributed by atoms with van der Waals surface area (Å²) in [6.07, 6.45) is 8.72. The van der Waals surface area contributed by atoms with Crippen LogP contribution < -0.4 is 5.73 Å². The maximum atomic E-state index is 13.3. The van der Waals surface area contributed by atoms with Crippen molar-refractivity contribution in [1.82, 2.24) is 34.3 Å². The van der Waals surface area contributed by atoms with E-state index in [1.165, 1.54) is 12.1 Å². The normalized spacial score (nSPS) is 12.3. The zero-order chi connectivity index (χ0) is 22.1. The Kier molecular flexibility index (Phi) is 5.02. The van der Waals surface area contributed by atoms with Crippen LogP contribution >= 0.6 is 0 Å². The molecule has 0 saturated carbocycles. The van der Waals surface area contributed by atoms with Crippen molar-refractivity contribution < 1.29 is 8.78 Å². The number of nitrogens with two attached hydrogens (primary N) is 1. The Labute approximate surface area is 181 Å². The topological polar surface area (TPSA) is 99.8 Å². The maximum absolute atomic E-state index is 13.3. The fourth-order valence-corrected chi connectivity index (χ4v) is 3.58. The first-order valence-electron chi connectivity index (χ1n) is 9.91. The molecule has 8 nitrogen and oxygen atoms in total. The summed E-state index contributed by atoms with van der Waals surface area (Å²) in [6, 6.07) is 9.33. The Hall–Kier alpha value is -4.21. The van der Waals surface area contributed by atoms with Crippen molar-refractivity contribution in [3.05, 3.63) is 78.8 Å². The molecule has 0 radical (unpaired) electrons. The van der Waals surface area contributed by atoms with Gasteiger partial charge in [-0.25, -0.2) is 13.9 Å². The standard InChI is InChI=1S/C22H18F2N8/c23-7-5-20(14-1-3-17(24)4-2-14)32-13-16(10-27-32)19-12-26-11-18(28-19)15-6-8-31-21(9-15)29-22(25)30-31/h1-4,6,8-13,20H,5,7H2,(H2,25,30)/t20-/m1/s1. The van der Waals surface area contributed by atoms with E-state index in [1.54, 1.807) is 52.3 Å². The lowest BCUT2D eigenvalue weighted by atomic mass is 10.0. The first-order chi connectivity index (χ1) is 15.6. The SMILES string of the molecule is Nc1nc2cc(-c3cncc(-c4cnn([C@H](CCF)c5ccc(F)cc5)c4)n3)ccn2n1. The van der Waals surface area contributed by atoms with Crippen molar-refractivity contribution in [1.29, 1.82) is 0 Å². The summed E-state index contributed by atoms with van der Waals surface area (Å²) in [6.45, 7) is -0.526. The van der Waals surface area contributed by atoms with E-state index in [0.29, 0.717) is 17.0 Å². The van der Waals surface area contributed by atoms with Crippen molar-refractivity contribution in [3.8, 4) is 22.5 Å². The lowest BCUT2D eigenvalue weighted by molar-refractivity contribution is 0.395. The van der Waals surface area contributed by atoms with Gasteiger partial charge in [-0.2, -0.15) is 10.1 Å². The highest BCUT2D eigenvalue weighted by atomic mass is 19.1. The Morgan fingerprint density at radius 3 is 2.53 bits per heavy atom. The predicted molar refractivity (Wildman–Crippen MR) is 115 cm³/mol. The monoisotopic (exact) mass is 432 g/mol. The highest BCUT2D eigenvalue weighted by Crippen LogP contribution is 2.26. The largest absolute Gasteiger partial charge is 0.366 e. The minimum absolute atomic E-state index is 0.193. The molecular weight excluding hydrogens is 414 g/mol. The van der Waals surface area contributed by atoms with Crippen LogP contribution in [0.5, 0.6) is 0 Å². The zero-order valence-corrected chi connectivity index (χ0v) is 16.8. The van der Waals surface area contributed by atoms with Gasteiger partial charge in [-0.15, -0.1) is 5.10 Å². The van der Waals surface area contributed by atoms with Crippen LogP contribution in [0.4, 0.5) is 14.7 Å². The fraction of sp³-hybridized carbons (Fsp3) is 0.136. The minimum atomic E-state index is -0.526. The molecule has 5 rings (SSSR count). The van der Waals surface area contributed by atoms with Gasteiger partial charge in [0.1, 0.15) is 5.82 Å². The Morgan fingerprint density at radius 1 is 0.969 bits per heavy atom. The van der Waals surface area contributed by atoms with Crippen LogP contribution in [0.1, 0.15) is 18.0 Å². The number of aromatic nitrogens is 7. The van der Waals surface area contributed by atoms with Gasteiger partial charge >= 0.3 is 0 Å². The number of alkyl halides is 1. The fourth-order valence-electron chi connectivity index (χ4n) is 3.58. The van der Waals surface area contributed by atoms with Crippen molar-refractivity contribution in [3.63, 3.8) is 0 Å². The molecule has 32 heavy (non-hydrogen) atoms. The minimum Gasteiger partial charge on any atom is -0.366 e. The number of hydrogen-bond donors (Lipinski definition) is 1. The Balaban J connectivity index is 1.47. The lowest BCUT2D eigenvalue weighted by Gasteiger charge is -2.16.